The van der Waals surface area contributed by atoms with E-state index < -0.39 is 6.43 Å². The summed E-state index contributed by atoms with van der Waals surface area (Å²) in [6.45, 7) is 8.76. The van der Waals surface area contributed by atoms with Gasteiger partial charge < -0.3 is 10.2 Å². The van der Waals surface area contributed by atoms with Crippen LogP contribution in [0.25, 0.3) is 0 Å². The average molecular weight is 407 g/mol. The lowest BCUT2D eigenvalue weighted by Gasteiger charge is -2.32. The maximum atomic E-state index is 12.8. The summed E-state index contributed by atoms with van der Waals surface area (Å²) in [7, 11) is 0. The van der Waals surface area contributed by atoms with Crippen LogP contribution in [0.4, 0.5) is 8.78 Å². The minimum Gasteiger partial charge on any atom is -0.351 e. The Labute approximate surface area is 149 Å². The Hall–Kier alpha value is -1.02. The third kappa shape index (κ3) is 4.99. The van der Waals surface area contributed by atoms with Crippen LogP contribution in [0.5, 0.6) is 0 Å². The van der Waals surface area contributed by atoms with Crippen molar-refractivity contribution < 1.29 is 13.6 Å². The van der Waals surface area contributed by atoms with Crippen molar-refractivity contribution in [3.05, 3.63) is 15.9 Å². The molecule has 1 fully saturated rings. The first kappa shape index (κ1) is 19.3. The van der Waals surface area contributed by atoms with E-state index in [2.05, 4.69) is 38.2 Å². The molecule has 1 aliphatic heterocycles. The van der Waals surface area contributed by atoms with Crippen molar-refractivity contribution >= 4 is 21.8 Å². The van der Waals surface area contributed by atoms with E-state index in [1.54, 1.807) is 6.92 Å². The number of nitrogens with one attached hydrogen (secondary N) is 1. The van der Waals surface area contributed by atoms with Gasteiger partial charge in [0, 0.05) is 12.6 Å². The van der Waals surface area contributed by atoms with E-state index in [-0.39, 0.29) is 28.7 Å². The van der Waals surface area contributed by atoms with Gasteiger partial charge in [0.15, 0.2) is 0 Å². The molecule has 0 radical (unpaired) electrons. The lowest BCUT2D eigenvalue weighted by Crippen LogP contribution is -2.45. The number of hydrogen-bond donors (Lipinski definition) is 1. The molecule has 8 heteroatoms. The Kier molecular flexibility index (Phi) is 6.74. The van der Waals surface area contributed by atoms with Gasteiger partial charge in [-0.2, -0.15) is 5.10 Å². The van der Waals surface area contributed by atoms with E-state index in [1.807, 2.05) is 6.92 Å². The van der Waals surface area contributed by atoms with Gasteiger partial charge in [0.05, 0.1) is 10.2 Å². The Morgan fingerprint density at radius 2 is 2.04 bits per heavy atom. The summed E-state index contributed by atoms with van der Waals surface area (Å²) < 4.78 is 27.3. The molecule has 1 amide bonds. The van der Waals surface area contributed by atoms with Crippen molar-refractivity contribution in [2.45, 2.75) is 52.6 Å². The third-order valence-electron chi connectivity index (χ3n) is 4.47. The first-order chi connectivity index (χ1) is 11.3. The molecular weight excluding hydrogens is 382 g/mol. The molecule has 1 aromatic heterocycles. The molecule has 0 spiro atoms. The highest BCUT2D eigenvalue weighted by atomic mass is 79.9. The third-order valence-corrected chi connectivity index (χ3v) is 5.45. The number of nitrogens with zero attached hydrogens (tertiary/aromatic N) is 3. The van der Waals surface area contributed by atoms with Gasteiger partial charge in [0.1, 0.15) is 12.2 Å². The Morgan fingerprint density at radius 3 is 2.58 bits per heavy atom. The van der Waals surface area contributed by atoms with Crippen molar-refractivity contribution in [1.82, 2.24) is 20.0 Å². The first-order valence-electron chi connectivity index (χ1n) is 8.30. The summed E-state index contributed by atoms with van der Waals surface area (Å²) >= 11 is 3.11. The molecule has 0 aliphatic carbocycles. The minimum absolute atomic E-state index is 0.0137. The quantitative estimate of drug-likeness (QED) is 0.789. The van der Waals surface area contributed by atoms with E-state index in [0.29, 0.717) is 5.69 Å². The summed E-state index contributed by atoms with van der Waals surface area (Å²) in [5.74, 6) is 0.559. The van der Waals surface area contributed by atoms with Crippen LogP contribution in [0, 0.1) is 12.8 Å². The van der Waals surface area contributed by atoms with Crippen LogP contribution in [-0.2, 0) is 11.3 Å². The van der Waals surface area contributed by atoms with E-state index >= 15 is 0 Å². The van der Waals surface area contributed by atoms with E-state index in [4.69, 9.17) is 0 Å². The molecule has 136 valence electrons. The molecule has 1 unspecified atom stereocenters. The second-order valence-corrected chi connectivity index (χ2v) is 7.49. The van der Waals surface area contributed by atoms with Gasteiger partial charge in [-0.1, -0.05) is 6.92 Å². The van der Waals surface area contributed by atoms with Crippen LogP contribution < -0.4 is 5.32 Å². The highest BCUT2D eigenvalue weighted by molar-refractivity contribution is 9.10. The number of rotatable bonds is 6. The number of carbonyl (C=O) groups is 1. The normalized spacial score (nSPS) is 18.1. The molecular formula is C16H25BrF2N4O. The number of carbonyl (C=O) groups excluding carboxylic acids is 1. The molecule has 0 saturated carbocycles. The molecule has 2 heterocycles. The molecule has 1 saturated heterocycles. The minimum atomic E-state index is -2.66. The van der Waals surface area contributed by atoms with Crippen molar-refractivity contribution in [3.8, 4) is 0 Å². The number of alkyl halides is 2. The SMILES string of the molecule is Cc1c(Br)c(C(F)F)nn1CC(=O)NC(C)CN1CCC(C)CC1. The molecule has 1 aliphatic rings. The van der Waals surface area contributed by atoms with Gasteiger partial charge in [-0.05, 0) is 61.6 Å². The van der Waals surface area contributed by atoms with Gasteiger partial charge in [-0.15, -0.1) is 0 Å². The van der Waals surface area contributed by atoms with Gasteiger partial charge in [-0.25, -0.2) is 8.78 Å². The predicted octanol–water partition coefficient (Wildman–Crippen LogP) is 3.13. The first-order valence-corrected chi connectivity index (χ1v) is 9.10. The molecule has 0 bridgehead atoms. The van der Waals surface area contributed by atoms with Crippen molar-refractivity contribution in [2.75, 3.05) is 19.6 Å². The smallest absolute Gasteiger partial charge is 0.283 e. The number of amides is 1. The zero-order valence-electron chi connectivity index (χ0n) is 14.4. The largest absolute Gasteiger partial charge is 0.351 e. The monoisotopic (exact) mass is 406 g/mol. The van der Waals surface area contributed by atoms with Gasteiger partial charge >= 0.3 is 0 Å². The predicted molar refractivity (Wildman–Crippen MR) is 92.1 cm³/mol. The number of hydrogen-bond acceptors (Lipinski definition) is 3. The fourth-order valence-corrected chi connectivity index (χ4v) is 3.43. The summed E-state index contributed by atoms with van der Waals surface area (Å²) in [4.78, 5) is 14.5. The van der Waals surface area contributed by atoms with E-state index in [9.17, 15) is 13.6 Å². The summed E-state index contributed by atoms with van der Waals surface area (Å²) in [5, 5.41) is 6.76. The zero-order valence-corrected chi connectivity index (χ0v) is 15.9. The summed E-state index contributed by atoms with van der Waals surface area (Å²) in [6, 6.07) is 0.0137. The highest BCUT2D eigenvalue weighted by Crippen LogP contribution is 2.28. The second-order valence-electron chi connectivity index (χ2n) is 6.69. The molecule has 2 rings (SSSR count). The fourth-order valence-electron chi connectivity index (χ4n) is 2.98. The van der Waals surface area contributed by atoms with Crippen LogP contribution in [0.2, 0.25) is 0 Å². The zero-order chi connectivity index (χ0) is 17.9. The summed E-state index contributed by atoms with van der Waals surface area (Å²) in [6.07, 6.45) is -0.280. The van der Waals surface area contributed by atoms with Crippen LogP contribution in [-0.4, -0.2) is 46.3 Å². The maximum Gasteiger partial charge on any atom is 0.283 e. The van der Waals surface area contributed by atoms with E-state index in [1.165, 1.54) is 17.5 Å². The summed E-state index contributed by atoms with van der Waals surface area (Å²) in [5.41, 5.74) is 0.203. The van der Waals surface area contributed by atoms with Crippen LogP contribution in [0.3, 0.4) is 0 Å². The average Bonchev–Trinajstić information content (AvgIpc) is 2.78. The van der Waals surface area contributed by atoms with Gasteiger partial charge in [-0.3, -0.25) is 9.48 Å². The fraction of sp³-hybridized carbons (Fsp3) is 0.750. The molecule has 1 atom stereocenters. The molecule has 1 aromatic rings. The van der Waals surface area contributed by atoms with Gasteiger partial charge in [0.25, 0.3) is 6.43 Å². The van der Waals surface area contributed by atoms with Crippen molar-refractivity contribution in [1.29, 1.82) is 0 Å². The Bertz CT molecular complexity index is 571. The molecule has 1 N–H and O–H groups in total. The lowest BCUT2D eigenvalue weighted by molar-refractivity contribution is -0.122. The number of aromatic nitrogens is 2. The van der Waals surface area contributed by atoms with Crippen LogP contribution in [0.1, 0.15) is 44.5 Å². The van der Waals surface area contributed by atoms with Crippen molar-refractivity contribution in [3.63, 3.8) is 0 Å². The van der Waals surface area contributed by atoms with Crippen molar-refractivity contribution in [2.24, 2.45) is 5.92 Å². The second kappa shape index (κ2) is 8.38. The number of halogens is 3. The topological polar surface area (TPSA) is 50.2 Å². The standard InChI is InChI=1S/C16H25BrF2N4O/c1-10-4-6-22(7-5-10)8-11(2)20-13(24)9-23-12(3)14(17)15(21-23)16(18)19/h10-11,16H,4-9H2,1-3H3,(H,20,24). The number of piperidine rings is 1. The van der Waals surface area contributed by atoms with Gasteiger partial charge in [0.2, 0.25) is 5.91 Å². The highest BCUT2D eigenvalue weighted by Gasteiger charge is 2.22. The maximum absolute atomic E-state index is 12.8. The molecule has 0 aromatic carbocycles. The molecule has 24 heavy (non-hydrogen) atoms. The van der Waals surface area contributed by atoms with E-state index in [0.717, 1.165) is 25.6 Å². The molecule has 5 nitrogen and oxygen atoms in total. The van der Waals surface area contributed by atoms with Crippen LogP contribution in [0.15, 0.2) is 4.47 Å². The number of likely N-dealkylation sites (tertiary alicyclic amines) is 1. The Morgan fingerprint density at radius 1 is 1.42 bits per heavy atom. The lowest BCUT2D eigenvalue weighted by atomic mass is 9.99. The van der Waals surface area contributed by atoms with Crippen LogP contribution >= 0.6 is 15.9 Å². The Balaban J connectivity index is 1.85.